The number of methoxy groups -OCH3 is 1. The van der Waals surface area contributed by atoms with Gasteiger partial charge in [-0.1, -0.05) is 0 Å². The Morgan fingerprint density at radius 2 is 2.20 bits per heavy atom. The van der Waals surface area contributed by atoms with Crippen molar-refractivity contribution in [2.45, 2.75) is 18.9 Å². The van der Waals surface area contributed by atoms with Crippen molar-refractivity contribution in [3.63, 3.8) is 0 Å². The van der Waals surface area contributed by atoms with Crippen LogP contribution in [0.1, 0.15) is 13.3 Å². The summed E-state index contributed by atoms with van der Waals surface area (Å²) < 4.78 is 4.71. The monoisotopic (exact) mass is 274 g/mol. The van der Waals surface area contributed by atoms with Gasteiger partial charge in [0.15, 0.2) is 11.3 Å². The van der Waals surface area contributed by atoms with E-state index in [2.05, 4.69) is 10.6 Å². The van der Waals surface area contributed by atoms with E-state index in [1.807, 2.05) is 0 Å². The minimum absolute atomic E-state index is 0.248. The van der Waals surface area contributed by atoms with Crippen LogP contribution in [0.5, 0.6) is 0 Å². The molecule has 2 aliphatic carbocycles. The van der Waals surface area contributed by atoms with Crippen LogP contribution in [0, 0.1) is 11.3 Å². The summed E-state index contributed by atoms with van der Waals surface area (Å²) >= 11 is 0. The largest absolute Gasteiger partial charge is 0.467 e. The van der Waals surface area contributed by atoms with Crippen LogP contribution < -0.4 is 10.6 Å². The Kier molecular flexibility index (Phi) is 1.83. The Balaban J connectivity index is 1.85. The number of rotatable bonds is 1. The zero-order chi connectivity index (χ0) is 14.3. The molecule has 1 saturated carbocycles. The fourth-order valence-corrected chi connectivity index (χ4v) is 3.81. The average molecular weight is 274 g/mol. The van der Waals surface area contributed by atoms with Crippen LogP contribution in [0.25, 0.3) is 0 Å². The maximum absolute atomic E-state index is 12.8. The average Bonchev–Trinajstić information content (AvgIpc) is 2.93. The molecule has 1 spiro atoms. The number of allylic oxidation sites excluding steroid dienone is 2. The number of piperidine rings is 1. The van der Waals surface area contributed by atoms with Gasteiger partial charge in [0.25, 0.3) is 0 Å². The number of hydrogen-bond acceptors (Lipinski definition) is 6. The molecular weight excluding hydrogens is 260 g/mol. The van der Waals surface area contributed by atoms with Crippen LogP contribution in [0.4, 0.5) is 0 Å². The van der Waals surface area contributed by atoms with Crippen LogP contribution >= 0.6 is 0 Å². The molecule has 104 valence electrons. The van der Waals surface area contributed by atoms with Gasteiger partial charge >= 0.3 is 5.97 Å². The molecule has 0 aromatic rings. The van der Waals surface area contributed by atoms with E-state index in [0.29, 0.717) is 11.5 Å². The summed E-state index contributed by atoms with van der Waals surface area (Å²) in [5.41, 5.74) is -0.265. The van der Waals surface area contributed by atoms with E-state index in [-0.39, 0.29) is 22.7 Å². The van der Waals surface area contributed by atoms with Crippen molar-refractivity contribution in [2.75, 3.05) is 13.7 Å². The first kappa shape index (κ1) is 11.7. The molecule has 0 aromatic heterocycles. The molecule has 3 atom stereocenters. The summed E-state index contributed by atoms with van der Waals surface area (Å²) in [5, 5.41) is 6.01. The summed E-state index contributed by atoms with van der Waals surface area (Å²) in [4.78, 5) is 36.9. The summed E-state index contributed by atoms with van der Waals surface area (Å²) in [6.45, 7) is 2.25. The quantitative estimate of drug-likeness (QED) is 0.491. The van der Waals surface area contributed by atoms with Gasteiger partial charge in [-0.25, -0.2) is 4.79 Å². The van der Waals surface area contributed by atoms with E-state index in [0.717, 1.165) is 18.7 Å². The van der Waals surface area contributed by atoms with Gasteiger partial charge in [-0.05, 0) is 19.3 Å². The number of ether oxygens (including phenoxy) is 1. The van der Waals surface area contributed by atoms with Gasteiger partial charge in [0, 0.05) is 29.3 Å². The fourth-order valence-electron chi connectivity index (χ4n) is 3.81. The van der Waals surface area contributed by atoms with Gasteiger partial charge in [0.1, 0.15) is 0 Å². The third kappa shape index (κ3) is 1.02. The van der Waals surface area contributed by atoms with Crippen LogP contribution in [-0.2, 0) is 19.1 Å². The second-order valence-electron chi connectivity index (χ2n) is 6.00. The highest BCUT2D eigenvalue weighted by atomic mass is 16.5. The molecule has 6 nitrogen and oxygen atoms in total. The summed E-state index contributed by atoms with van der Waals surface area (Å²) in [6.07, 6.45) is 2.41. The molecule has 2 aliphatic heterocycles. The topological polar surface area (TPSA) is 84.5 Å². The van der Waals surface area contributed by atoms with Gasteiger partial charge in [0.05, 0.1) is 12.8 Å². The number of carbonyl (C=O) groups is 3. The van der Waals surface area contributed by atoms with E-state index in [1.165, 1.54) is 14.0 Å². The molecule has 0 amide bonds. The Morgan fingerprint density at radius 3 is 2.85 bits per heavy atom. The second-order valence-corrected chi connectivity index (χ2v) is 6.00. The second kappa shape index (κ2) is 3.13. The van der Waals surface area contributed by atoms with Crippen molar-refractivity contribution in [3.05, 3.63) is 23.0 Å². The summed E-state index contributed by atoms with van der Waals surface area (Å²) in [7, 11) is 1.24. The van der Waals surface area contributed by atoms with E-state index in [4.69, 9.17) is 4.74 Å². The Labute approximate surface area is 115 Å². The molecule has 0 radical (unpaired) electrons. The number of nitrogens with one attached hydrogen (secondary N) is 2. The first-order chi connectivity index (χ1) is 9.45. The number of carbonyl (C=O) groups excluding carboxylic acids is 3. The number of Topliss-reactive ketones (excluding diaryl/α,β-unsaturated/α-hetero) is 1. The number of esters is 1. The fraction of sp³-hybridized carbons (Fsp3) is 0.500. The minimum Gasteiger partial charge on any atom is -0.467 e. The van der Waals surface area contributed by atoms with Crippen LogP contribution in [0.2, 0.25) is 0 Å². The molecular formula is C14H14N2O4. The first-order valence-electron chi connectivity index (χ1n) is 6.61. The number of hydrogen-bond donors (Lipinski definition) is 2. The summed E-state index contributed by atoms with van der Waals surface area (Å²) in [6, 6.07) is 0. The maximum Gasteiger partial charge on any atom is 0.339 e. The van der Waals surface area contributed by atoms with Crippen molar-refractivity contribution in [2.24, 2.45) is 11.3 Å². The van der Waals surface area contributed by atoms with Crippen molar-refractivity contribution in [3.8, 4) is 0 Å². The molecule has 4 rings (SSSR count). The van der Waals surface area contributed by atoms with Crippen LogP contribution in [0.3, 0.4) is 0 Å². The summed E-state index contributed by atoms with van der Waals surface area (Å²) in [5.74, 6) is -0.894. The SMILES string of the molecule is COC(=O)[C@]1(C)NC2=C(C1=O)[C@@]13C[C@@H]1CNC3=CC2=O. The Bertz CT molecular complexity index is 662. The predicted octanol–water partition coefficient (Wildman–Crippen LogP) is -0.579. The zero-order valence-electron chi connectivity index (χ0n) is 11.2. The molecule has 20 heavy (non-hydrogen) atoms. The predicted molar refractivity (Wildman–Crippen MR) is 67.2 cm³/mol. The normalized spacial score (nSPS) is 40.3. The molecule has 1 saturated heterocycles. The molecule has 6 heteroatoms. The first-order valence-corrected chi connectivity index (χ1v) is 6.61. The lowest BCUT2D eigenvalue weighted by atomic mass is 9.80. The lowest BCUT2D eigenvalue weighted by molar-refractivity contribution is -0.150. The lowest BCUT2D eigenvalue weighted by Gasteiger charge is -2.22. The van der Waals surface area contributed by atoms with E-state index in [1.54, 1.807) is 6.08 Å². The minimum atomic E-state index is -1.48. The Morgan fingerprint density at radius 1 is 1.45 bits per heavy atom. The highest BCUT2D eigenvalue weighted by molar-refractivity contribution is 6.26. The van der Waals surface area contributed by atoms with Gasteiger partial charge in [-0.15, -0.1) is 0 Å². The van der Waals surface area contributed by atoms with E-state index >= 15 is 0 Å². The molecule has 0 unspecified atom stereocenters. The third-order valence-electron chi connectivity index (χ3n) is 4.99. The molecule has 4 aliphatic rings. The molecule has 0 bridgehead atoms. The van der Waals surface area contributed by atoms with Crippen molar-refractivity contribution < 1.29 is 19.1 Å². The zero-order valence-corrected chi connectivity index (χ0v) is 11.2. The molecule has 2 fully saturated rings. The van der Waals surface area contributed by atoms with Crippen molar-refractivity contribution in [1.29, 1.82) is 0 Å². The van der Waals surface area contributed by atoms with Gasteiger partial charge in [-0.3, -0.25) is 9.59 Å². The maximum atomic E-state index is 12.8. The standard InChI is InChI=1S/C14H14N2O4/c1-13(12(19)20-2)11(18)9-10(16-13)7(17)3-8-14(9)4-6(14)5-15-8/h3,6,15-16H,4-5H2,1-2H3/t6-,13-,14+/m1/s1. The van der Waals surface area contributed by atoms with Gasteiger partial charge in [0.2, 0.25) is 5.78 Å². The smallest absolute Gasteiger partial charge is 0.339 e. The number of ketones is 2. The Hall–Kier alpha value is -2.11. The van der Waals surface area contributed by atoms with Crippen molar-refractivity contribution in [1.82, 2.24) is 10.6 Å². The van der Waals surface area contributed by atoms with Crippen LogP contribution in [0.15, 0.2) is 23.0 Å². The third-order valence-corrected chi connectivity index (χ3v) is 4.99. The lowest BCUT2D eigenvalue weighted by Crippen LogP contribution is -2.52. The van der Waals surface area contributed by atoms with Gasteiger partial charge in [-0.2, -0.15) is 0 Å². The van der Waals surface area contributed by atoms with Gasteiger partial charge < -0.3 is 15.4 Å². The highest BCUT2D eigenvalue weighted by Gasteiger charge is 2.70. The van der Waals surface area contributed by atoms with E-state index in [9.17, 15) is 14.4 Å². The molecule has 2 N–H and O–H groups in total. The highest BCUT2D eigenvalue weighted by Crippen LogP contribution is 2.67. The molecule has 0 aromatic carbocycles. The van der Waals surface area contributed by atoms with E-state index < -0.39 is 11.5 Å². The van der Waals surface area contributed by atoms with Crippen LogP contribution in [-0.4, -0.2) is 36.7 Å². The molecule has 2 heterocycles. The van der Waals surface area contributed by atoms with Crippen molar-refractivity contribution >= 4 is 17.5 Å².